The van der Waals surface area contributed by atoms with Crippen molar-refractivity contribution in [2.45, 2.75) is 119 Å². The average Bonchev–Trinajstić information content (AvgIpc) is 3.54. The molecular formula is C38H53N7O6S3. The number of carbonyl (C=O) groups excluding carboxylic acids is 5. The molecule has 294 valence electrons. The summed E-state index contributed by atoms with van der Waals surface area (Å²) in [6, 6.07) is 4.74. The molecule has 1 saturated carbocycles. The van der Waals surface area contributed by atoms with Gasteiger partial charge < -0.3 is 20.9 Å². The maximum absolute atomic E-state index is 14.8. The molecule has 13 nitrogen and oxygen atoms in total. The van der Waals surface area contributed by atoms with Crippen molar-refractivity contribution in [3.8, 4) is 0 Å². The Balaban J connectivity index is 1.38. The van der Waals surface area contributed by atoms with Gasteiger partial charge in [-0.1, -0.05) is 71.6 Å². The van der Waals surface area contributed by atoms with E-state index in [1.165, 1.54) is 18.6 Å². The van der Waals surface area contributed by atoms with E-state index in [1.807, 2.05) is 27.7 Å². The van der Waals surface area contributed by atoms with Crippen LogP contribution in [0.3, 0.4) is 0 Å². The third-order valence-electron chi connectivity index (χ3n) is 10.1. The van der Waals surface area contributed by atoms with E-state index in [9.17, 15) is 28.2 Å². The Morgan fingerprint density at radius 1 is 0.944 bits per heavy atom. The third-order valence-corrected chi connectivity index (χ3v) is 14.6. The molecule has 0 bridgehead atoms. The third kappa shape index (κ3) is 10.6. The fourth-order valence-corrected chi connectivity index (χ4v) is 11.5. The van der Waals surface area contributed by atoms with Gasteiger partial charge in [-0.15, -0.1) is 23.5 Å². The lowest BCUT2D eigenvalue weighted by molar-refractivity contribution is -0.144. The molecule has 54 heavy (non-hydrogen) atoms. The zero-order chi connectivity index (χ0) is 38.9. The van der Waals surface area contributed by atoms with Gasteiger partial charge in [0.2, 0.25) is 17.7 Å². The van der Waals surface area contributed by atoms with Crippen molar-refractivity contribution >= 4 is 64.0 Å². The first kappa shape index (κ1) is 41.7. The van der Waals surface area contributed by atoms with Gasteiger partial charge in [0.15, 0.2) is 11.0 Å². The number of carbonyl (C=O) groups is 5. The van der Waals surface area contributed by atoms with E-state index in [-0.39, 0.29) is 11.6 Å². The van der Waals surface area contributed by atoms with Crippen LogP contribution in [0.2, 0.25) is 0 Å². The number of nitrogens with zero attached hydrogens (tertiary/aromatic N) is 3. The summed E-state index contributed by atoms with van der Waals surface area (Å²) in [6.45, 7) is 7.78. The quantitative estimate of drug-likeness (QED) is 0.232. The summed E-state index contributed by atoms with van der Waals surface area (Å²) in [5.41, 5.74) is -0.677. The number of hydrogen-bond donors (Lipinski definition) is 4. The van der Waals surface area contributed by atoms with Gasteiger partial charge in [-0.25, -0.2) is 9.19 Å². The van der Waals surface area contributed by atoms with Crippen LogP contribution in [0.1, 0.15) is 96.0 Å². The van der Waals surface area contributed by atoms with Gasteiger partial charge in [0.25, 0.3) is 11.8 Å². The monoisotopic (exact) mass is 799 g/mol. The molecule has 5 rings (SSSR count). The minimum atomic E-state index is -1.82. The number of aromatic nitrogens is 2. The lowest BCUT2D eigenvalue weighted by Gasteiger charge is -2.38. The molecule has 1 aliphatic carbocycles. The van der Waals surface area contributed by atoms with Crippen LogP contribution in [0.4, 0.5) is 0 Å². The Morgan fingerprint density at radius 2 is 1.65 bits per heavy atom. The number of thioether (sulfide) groups is 2. The molecule has 1 spiro atoms. The zero-order valence-electron chi connectivity index (χ0n) is 31.5. The van der Waals surface area contributed by atoms with Gasteiger partial charge in [0, 0.05) is 25.4 Å². The fourth-order valence-electron chi connectivity index (χ4n) is 7.26. The number of rotatable bonds is 13. The normalized spacial score (nSPS) is 21.0. The highest BCUT2D eigenvalue weighted by molar-refractivity contribution is 8.18. The summed E-state index contributed by atoms with van der Waals surface area (Å²) < 4.78 is 15.0. The highest BCUT2D eigenvalue weighted by Crippen LogP contribution is 2.50. The lowest BCUT2D eigenvalue weighted by Crippen LogP contribution is -2.62. The Kier molecular flexibility index (Phi) is 14.6. The van der Waals surface area contributed by atoms with Gasteiger partial charge in [-0.2, -0.15) is 0 Å². The van der Waals surface area contributed by atoms with Gasteiger partial charge in [0.1, 0.15) is 29.9 Å². The molecule has 3 aliphatic rings. The molecule has 3 fully saturated rings. The van der Waals surface area contributed by atoms with Gasteiger partial charge in [-0.3, -0.25) is 33.7 Å². The topological polar surface area (TPSA) is 180 Å². The van der Waals surface area contributed by atoms with Crippen LogP contribution in [0.25, 0.3) is 0 Å². The van der Waals surface area contributed by atoms with Crippen LogP contribution in [-0.2, 0) is 30.2 Å². The predicted molar refractivity (Wildman–Crippen MR) is 211 cm³/mol. The smallest absolute Gasteiger partial charge is 0.272 e. The number of nitrogens with one attached hydrogen (secondary N) is 4. The minimum Gasteiger partial charge on any atom is -0.342 e. The van der Waals surface area contributed by atoms with E-state index >= 15 is 0 Å². The molecule has 2 aliphatic heterocycles. The Hall–Kier alpha value is -3.50. The van der Waals surface area contributed by atoms with Crippen LogP contribution in [-0.4, -0.2) is 94.9 Å². The Bertz CT molecular complexity index is 1650. The zero-order valence-corrected chi connectivity index (χ0v) is 34.0. The largest absolute Gasteiger partial charge is 0.342 e. The number of hydrogen-bond acceptors (Lipinski definition) is 10. The van der Waals surface area contributed by atoms with Crippen LogP contribution < -0.4 is 20.7 Å². The Morgan fingerprint density at radius 3 is 2.28 bits per heavy atom. The molecular weight excluding hydrogens is 747 g/mol. The second-order valence-corrected chi connectivity index (χ2v) is 19.7. The standard InChI is InChI=1S/C38H53N7O6S3/c1-5-13-27(33(47)44-54(51)26-16-10-7-11-17-26)41-34(48)29-22-38(52-20-12-21-53-38)24-45(29)36(50)31(37(2,3)4)43-35(49)30(25-14-8-6-9-15-25)42-32(46)28-23-39-18-19-40-28/h7,10-11,16-19,23,25,27,29-31H,5-6,8-9,12-15,20-22,24H2,1-4H3,(H,41,48)(H,42,46)(H,43,49)(H,44,47)/t27-,29-,30-,31+,54?/m0/s1. The average molecular weight is 800 g/mol. The van der Waals surface area contributed by atoms with Crippen molar-refractivity contribution in [1.29, 1.82) is 0 Å². The molecule has 0 radical (unpaired) electrons. The van der Waals surface area contributed by atoms with E-state index < -0.39 is 74.2 Å². The second kappa shape index (κ2) is 18.9. The first-order chi connectivity index (χ1) is 25.8. The van der Waals surface area contributed by atoms with E-state index in [0.29, 0.717) is 30.7 Å². The van der Waals surface area contributed by atoms with Crippen molar-refractivity contribution in [1.82, 2.24) is 35.5 Å². The Labute approximate surface area is 329 Å². The van der Waals surface area contributed by atoms with Crippen LogP contribution in [0, 0.1) is 11.3 Å². The molecule has 1 unspecified atom stereocenters. The summed E-state index contributed by atoms with van der Waals surface area (Å²) in [5, 5.41) is 8.83. The fraction of sp³-hybridized carbons (Fsp3) is 0.605. The molecule has 2 aromatic rings. The maximum atomic E-state index is 14.8. The highest BCUT2D eigenvalue weighted by atomic mass is 32.2. The number of benzene rings is 1. The van der Waals surface area contributed by atoms with E-state index in [1.54, 1.807) is 58.8 Å². The summed E-state index contributed by atoms with van der Waals surface area (Å²) >= 11 is 3.48. The number of amides is 5. The first-order valence-electron chi connectivity index (χ1n) is 18.9. The van der Waals surface area contributed by atoms with Crippen molar-refractivity contribution < 1.29 is 28.2 Å². The summed E-state index contributed by atoms with van der Waals surface area (Å²) in [7, 11) is -1.82. The van der Waals surface area contributed by atoms with E-state index in [0.717, 1.165) is 50.0 Å². The van der Waals surface area contributed by atoms with E-state index in [2.05, 4.69) is 30.6 Å². The van der Waals surface area contributed by atoms with Gasteiger partial charge in [-0.05, 0) is 60.7 Å². The van der Waals surface area contributed by atoms with Crippen molar-refractivity contribution in [3.05, 3.63) is 54.6 Å². The summed E-state index contributed by atoms with van der Waals surface area (Å²) in [5.74, 6) is -0.767. The van der Waals surface area contributed by atoms with Crippen molar-refractivity contribution in [2.24, 2.45) is 11.3 Å². The van der Waals surface area contributed by atoms with Crippen LogP contribution in [0.15, 0.2) is 53.8 Å². The molecule has 1 aromatic heterocycles. The highest BCUT2D eigenvalue weighted by Gasteiger charge is 2.53. The molecule has 5 atom stereocenters. The van der Waals surface area contributed by atoms with Gasteiger partial charge in [0.05, 0.1) is 15.2 Å². The lowest BCUT2D eigenvalue weighted by atomic mass is 9.82. The first-order valence-corrected chi connectivity index (χ1v) is 22.0. The predicted octanol–water partition coefficient (Wildman–Crippen LogP) is 3.98. The maximum Gasteiger partial charge on any atom is 0.272 e. The molecule has 4 N–H and O–H groups in total. The van der Waals surface area contributed by atoms with Gasteiger partial charge >= 0.3 is 0 Å². The summed E-state index contributed by atoms with van der Waals surface area (Å²) in [6.07, 6.45) is 10.9. The van der Waals surface area contributed by atoms with Crippen LogP contribution in [0.5, 0.6) is 0 Å². The SMILES string of the molecule is CCC[C@H](NC(=O)[C@@H]1CC2(CN1C(=O)[C@@H](NC(=O)[C@@H](NC(=O)c1cnccn1)C1CCCCC1)C(C)(C)C)SCCCS2)C(=O)NS(=O)c1ccccc1. The van der Waals surface area contributed by atoms with Crippen molar-refractivity contribution in [2.75, 3.05) is 18.1 Å². The molecule has 16 heteroatoms. The summed E-state index contributed by atoms with van der Waals surface area (Å²) in [4.78, 5) is 80.2. The molecule has 2 saturated heterocycles. The van der Waals surface area contributed by atoms with Crippen LogP contribution >= 0.6 is 23.5 Å². The van der Waals surface area contributed by atoms with E-state index in [4.69, 9.17) is 0 Å². The second-order valence-electron chi connectivity index (χ2n) is 15.3. The number of likely N-dealkylation sites (tertiary alicyclic amines) is 1. The molecule has 5 amide bonds. The molecule has 1 aromatic carbocycles. The molecule has 3 heterocycles. The minimum absolute atomic E-state index is 0.0922. The van der Waals surface area contributed by atoms with Crippen molar-refractivity contribution in [3.63, 3.8) is 0 Å².